The van der Waals surface area contributed by atoms with E-state index in [1.54, 1.807) is 0 Å². The van der Waals surface area contributed by atoms with E-state index in [9.17, 15) is 0 Å². The average molecular weight is 298 g/mol. The minimum absolute atomic E-state index is 0.399. The third kappa shape index (κ3) is 4.09. The number of nitrogens with one attached hydrogen (secondary N) is 1. The topological polar surface area (TPSA) is 21.3 Å². The van der Waals surface area contributed by atoms with Gasteiger partial charge in [0, 0.05) is 29.8 Å². The molecule has 0 saturated carbocycles. The first-order valence-corrected chi connectivity index (χ1v) is 7.14. The minimum atomic E-state index is 0.399. The maximum atomic E-state index is 5.48. The van der Waals surface area contributed by atoms with Gasteiger partial charge in [-0.1, -0.05) is 28.1 Å². The van der Waals surface area contributed by atoms with E-state index in [2.05, 4.69) is 52.4 Å². The molecule has 1 aliphatic heterocycles. The second-order valence-corrected chi connectivity index (χ2v) is 5.60. The monoisotopic (exact) mass is 297 g/mol. The highest BCUT2D eigenvalue weighted by Crippen LogP contribution is 2.20. The first-order chi connectivity index (χ1) is 8.25. The maximum Gasteiger partial charge on any atom is 0.0480 e. The van der Waals surface area contributed by atoms with E-state index in [0.717, 1.165) is 24.1 Å². The van der Waals surface area contributed by atoms with E-state index in [0.29, 0.717) is 12.1 Å². The van der Waals surface area contributed by atoms with Gasteiger partial charge in [-0.05, 0) is 43.9 Å². The highest BCUT2D eigenvalue weighted by atomic mass is 79.9. The second kappa shape index (κ2) is 6.53. The smallest absolute Gasteiger partial charge is 0.0480 e. The quantitative estimate of drug-likeness (QED) is 0.919. The zero-order chi connectivity index (χ0) is 12.1. The van der Waals surface area contributed by atoms with Gasteiger partial charge in [0.1, 0.15) is 0 Å². The Hall–Kier alpha value is -0.380. The lowest BCUT2D eigenvalue weighted by atomic mass is 10.0. The molecule has 1 aliphatic rings. The zero-order valence-corrected chi connectivity index (χ0v) is 11.9. The fraction of sp³-hybridized carbons (Fsp3) is 0.571. The molecule has 2 rings (SSSR count). The molecule has 0 amide bonds. The van der Waals surface area contributed by atoms with E-state index < -0.39 is 0 Å². The Kier molecular flexibility index (Phi) is 5.01. The third-order valence-electron chi connectivity index (χ3n) is 3.29. The van der Waals surface area contributed by atoms with Gasteiger partial charge in [-0.3, -0.25) is 0 Å². The van der Waals surface area contributed by atoms with Crippen LogP contribution in [-0.2, 0) is 4.74 Å². The number of hydrogen-bond acceptors (Lipinski definition) is 2. The average Bonchev–Trinajstić information content (AvgIpc) is 2.57. The normalized spacial score (nSPS) is 23.1. The molecule has 0 aromatic heterocycles. The summed E-state index contributed by atoms with van der Waals surface area (Å²) in [5.41, 5.74) is 1.34. The molecule has 1 unspecified atom stereocenters. The van der Waals surface area contributed by atoms with Crippen molar-refractivity contribution in [3.05, 3.63) is 34.3 Å². The molecule has 1 N–H and O–H groups in total. The van der Waals surface area contributed by atoms with Crippen LogP contribution in [0, 0.1) is 0 Å². The van der Waals surface area contributed by atoms with Crippen molar-refractivity contribution in [2.75, 3.05) is 13.2 Å². The molecule has 0 aliphatic carbocycles. The van der Waals surface area contributed by atoms with Gasteiger partial charge in [0.05, 0.1) is 0 Å². The van der Waals surface area contributed by atoms with Crippen molar-refractivity contribution < 1.29 is 4.74 Å². The first kappa shape index (κ1) is 13.1. The van der Waals surface area contributed by atoms with E-state index in [1.165, 1.54) is 18.4 Å². The lowest BCUT2D eigenvalue weighted by Crippen LogP contribution is -2.31. The molecule has 2 atom stereocenters. The van der Waals surface area contributed by atoms with Crippen LogP contribution in [0.15, 0.2) is 28.7 Å². The fourth-order valence-corrected chi connectivity index (χ4v) is 2.71. The zero-order valence-electron chi connectivity index (χ0n) is 10.3. The van der Waals surface area contributed by atoms with Crippen LogP contribution in [-0.4, -0.2) is 19.3 Å². The standard InChI is InChI=1S/C14H20BrNO/c1-11(12-4-2-5-13(15)10-12)16-14-6-3-8-17-9-7-14/h2,4-5,10-11,14,16H,3,6-9H2,1H3/t11-,14?/m1/s1. The number of halogens is 1. The summed E-state index contributed by atoms with van der Waals surface area (Å²) in [5.74, 6) is 0. The molecular formula is C14H20BrNO. The Morgan fingerprint density at radius 2 is 2.24 bits per heavy atom. The summed E-state index contributed by atoms with van der Waals surface area (Å²) in [6, 6.07) is 9.51. The first-order valence-electron chi connectivity index (χ1n) is 6.35. The molecule has 17 heavy (non-hydrogen) atoms. The molecule has 0 bridgehead atoms. The predicted molar refractivity (Wildman–Crippen MR) is 74.2 cm³/mol. The summed E-state index contributed by atoms with van der Waals surface area (Å²) < 4.78 is 6.63. The molecule has 0 radical (unpaired) electrons. The van der Waals surface area contributed by atoms with Gasteiger partial charge in [0.15, 0.2) is 0 Å². The summed E-state index contributed by atoms with van der Waals surface area (Å²) in [6.07, 6.45) is 3.51. The molecule has 1 fully saturated rings. The minimum Gasteiger partial charge on any atom is -0.381 e. The van der Waals surface area contributed by atoms with Crippen molar-refractivity contribution in [3.8, 4) is 0 Å². The van der Waals surface area contributed by atoms with Crippen molar-refractivity contribution in [1.29, 1.82) is 0 Å². The Labute approximate surface area is 112 Å². The van der Waals surface area contributed by atoms with Crippen molar-refractivity contribution in [1.82, 2.24) is 5.32 Å². The summed E-state index contributed by atoms with van der Waals surface area (Å²) in [6.45, 7) is 4.04. The van der Waals surface area contributed by atoms with E-state index in [-0.39, 0.29) is 0 Å². The van der Waals surface area contributed by atoms with Crippen LogP contribution < -0.4 is 5.32 Å². The molecule has 3 heteroatoms. The van der Waals surface area contributed by atoms with Crippen molar-refractivity contribution in [2.24, 2.45) is 0 Å². The molecule has 1 aromatic carbocycles. The van der Waals surface area contributed by atoms with Gasteiger partial charge < -0.3 is 10.1 Å². The number of ether oxygens (including phenoxy) is 1. The van der Waals surface area contributed by atoms with Crippen molar-refractivity contribution in [3.63, 3.8) is 0 Å². The number of benzene rings is 1. The molecular weight excluding hydrogens is 278 g/mol. The predicted octanol–water partition coefficient (Wildman–Crippen LogP) is 3.67. The number of rotatable bonds is 3. The Morgan fingerprint density at radius 3 is 3.06 bits per heavy atom. The van der Waals surface area contributed by atoms with Crippen LogP contribution in [0.4, 0.5) is 0 Å². The SMILES string of the molecule is C[C@@H](NC1CCCOCC1)c1cccc(Br)c1. The molecule has 1 heterocycles. The van der Waals surface area contributed by atoms with E-state index >= 15 is 0 Å². The summed E-state index contributed by atoms with van der Waals surface area (Å²) >= 11 is 3.52. The largest absolute Gasteiger partial charge is 0.381 e. The molecule has 1 saturated heterocycles. The second-order valence-electron chi connectivity index (χ2n) is 4.68. The van der Waals surface area contributed by atoms with Gasteiger partial charge in [0.2, 0.25) is 0 Å². The van der Waals surface area contributed by atoms with Crippen molar-refractivity contribution in [2.45, 2.75) is 38.3 Å². The summed E-state index contributed by atoms with van der Waals surface area (Å²) in [5, 5.41) is 3.70. The van der Waals surface area contributed by atoms with Crippen LogP contribution in [0.25, 0.3) is 0 Å². The van der Waals surface area contributed by atoms with Crippen LogP contribution in [0.5, 0.6) is 0 Å². The van der Waals surface area contributed by atoms with Crippen LogP contribution in [0.1, 0.15) is 37.8 Å². The fourth-order valence-electron chi connectivity index (χ4n) is 2.30. The summed E-state index contributed by atoms with van der Waals surface area (Å²) in [4.78, 5) is 0. The van der Waals surface area contributed by atoms with Gasteiger partial charge in [-0.2, -0.15) is 0 Å². The summed E-state index contributed by atoms with van der Waals surface area (Å²) in [7, 11) is 0. The van der Waals surface area contributed by atoms with Gasteiger partial charge >= 0.3 is 0 Å². The third-order valence-corrected chi connectivity index (χ3v) is 3.78. The lowest BCUT2D eigenvalue weighted by molar-refractivity contribution is 0.142. The van der Waals surface area contributed by atoms with Gasteiger partial charge in [0.25, 0.3) is 0 Å². The Balaban J connectivity index is 1.93. The van der Waals surface area contributed by atoms with E-state index in [1.807, 2.05) is 0 Å². The molecule has 94 valence electrons. The maximum absolute atomic E-state index is 5.48. The molecule has 0 spiro atoms. The van der Waals surface area contributed by atoms with Crippen molar-refractivity contribution >= 4 is 15.9 Å². The highest BCUT2D eigenvalue weighted by Gasteiger charge is 2.15. The Morgan fingerprint density at radius 1 is 1.35 bits per heavy atom. The lowest BCUT2D eigenvalue weighted by Gasteiger charge is -2.22. The molecule has 1 aromatic rings. The highest BCUT2D eigenvalue weighted by molar-refractivity contribution is 9.10. The van der Waals surface area contributed by atoms with Crippen LogP contribution in [0.2, 0.25) is 0 Å². The van der Waals surface area contributed by atoms with E-state index in [4.69, 9.17) is 4.74 Å². The van der Waals surface area contributed by atoms with Crippen LogP contribution >= 0.6 is 15.9 Å². The number of hydrogen-bond donors (Lipinski definition) is 1. The van der Waals surface area contributed by atoms with Crippen LogP contribution in [0.3, 0.4) is 0 Å². The Bertz CT molecular complexity index is 348. The molecule has 2 nitrogen and oxygen atoms in total. The van der Waals surface area contributed by atoms with Gasteiger partial charge in [-0.25, -0.2) is 0 Å². The van der Waals surface area contributed by atoms with Gasteiger partial charge in [-0.15, -0.1) is 0 Å².